The number of methoxy groups -OCH3 is 1. The molecule has 0 aliphatic carbocycles. The van der Waals surface area contributed by atoms with Crippen LogP contribution in [0.15, 0.2) is 18.2 Å². The third kappa shape index (κ3) is 4.57. The van der Waals surface area contributed by atoms with Gasteiger partial charge in [-0.3, -0.25) is 9.59 Å². The fourth-order valence-corrected chi connectivity index (χ4v) is 1.64. The molecule has 0 heterocycles. The highest BCUT2D eigenvalue weighted by Crippen LogP contribution is 2.23. The van der Waals surface area contributed by atoms with Crippen molar-refractivity contribution in [2.45, 2.75) is 34.2 Å². The first-order chi connectivity index (χ1) is 9.24. The lowest BCUT2D eigenvalue weighted by atomic mass is 9.95. The van der Waals surface area contributed by atoms with Crippen molar-refractivity contribution in [3.8, 4) is 5.75 Å². The molecule has 0 saturated heterocycles. The molecule has 0 atom stereocenters. The summed E-state index contributed by atoms with van der Waals surface area (Å²) in [4.78, 5) is 22.9. The summed E-state index contributed by atoms with van der Waals surface area (Å²) in [6, 6.07) is 5.32. The van der Waals surface area contributed by atoms with Crippen LogP contribution < -0.4 is 15.4 Å². The van der Waals surface area contributed by atoms with Crippen LogP contribution in [0.4, 0.5) is 5.69 Å². The number of benzene rings is 1. The second-order valence-electron chi connectivity index (χ2n) is 5.64. The topological polar surface area (TPSA) is 67.4 Å². The minimum atomic E-state index is -0.442. The van der Waals surface area contributed by atoms with Crippen LogP contribution in [0.2, 0.25) is 0 Å². The van der Waals surface area contributed by atoms with Crippen molar-refractivity contribution in [1.82, 2.24) is 5.32 Å². The first-order valence-electron chi connectivity index (χ1n) is 6.47. The van der Waals surface area contributed by atoms with E-state index in [1.54, 1.807) is 25.3 Å². The number of nitrogens with one attached hydrogen (secondary N) is 2. The Morgan fingerprint density at radius 1 is 1.25 bits per heavy atom. The van der Waals surface area contributed by atoms with Crippen LogP contribution in [-0.2, 0) is 16.1 Å². The maximum absolute atomic E-state index is 11.9. The fourth-order valence-electron chi connectivity index (χ4n) is 1.64. The van der Waals surface area contributed by atoms with Crippen molar-refractivity contribution in [2.75, 3.05) is 12.4 Å². The molecule has 5 heteroatoms. The molecule has 0 aromatic heterocycles. The lowest BCUT2D eigenvalue weighted by molar-refractivity contribution is -0.128. The Bertz CT molecular complexity index is 504. The van der Waals surface area contributed by atoms with Gasteiger partial charge in [-0.1, -0.05) is 20.8 Å². The summed E-state index contributed by atoms with van der Waals surface area (Å²) in [6.45, 7) is 7.37. The molecular weight excluding hydrogens is 256 g/mol. The molecular formula is C15H22N2O3. The molecule has 20 heavy (non-hydrogen) atoms. The molecule has 5 nitrogen and oxygen atoms in total. The maximum Gasteiger partial charge on any atom is 0.225 e. The van der Waals surface area contributed by atoms with Gasteiger partial charge < -0.3 is 15.4 Å². The van der Waals surface area contributed by atoms with Gasteiger partial charge in [-0.15, -0.1) is 0 Å². The highest BCUT2D eigenvalue weighted by Gasteiger charge is 2.21. The normalized spacial score (nSPS) is 10.8. The molecule has 2 N–H and O–H groups in total. The van der Waals surface area contributed by atoms with Gasteiger partial charge >= 0.3 is 0 Å². The Balaban J connectivity index is 2.86. The van der Waals surface area contributed by atoms with Crippen LogP contribution in [0.25, 0.3) is 0 Å². The summed E-state index contributed by atoms with van der Waals surface area (Å²) >= 11 is 0. The summed E-state index contributed by atoms with van der Waals surface area (Å²) in [5.74, 6) is 0.498. The Morgan fingerprint density at radius 3 is 2.40 bits per heavy atom. The van der Waals surface area contributed by atoms with Crippen LogP contribution in [-0.4, -0.2) is 18.9 Å². The lowest BCUT2D eigenvalue weighted by Gasteiger charge is -2.18. The summed E-state index contributed by atoms with van der Waals surface area (Å²) in [7, 11) is 1.57. The molecule has 0 bridgehead atoms. The number of ether oxygens (including phenoxy) is 1. The molecule has 0 spiro atoms. The molecule has 0 fully saturated rings. The van der Waals surface area contributed by atoms with Gasteiger partial charge in [0, 0.05) is 30.1 Å². The van der Waals surface area contributed by atoms with Crippen LogP contribution in [0, 0.1) is 5.41 Å². The molecule has 110 valence electrons. The number of amides is 2. The van der Waals surface area contributed by atoms with Gasteiger partial charge in [0.25, 0.3) is 0 Å². The van der Waals surface area contributed by atoms with E-state index in [9.17, 15) is 9.59 Å². The monoisotopic (exact) mass is 278 g/mol. The molecule has 0 radical (unpaired) electrons. The third-order valence-corrected chi connectivity index (χ3v) is 2.72. The van der Waals surface area contributed by atoms with E-state index in [-0.39, 0.29) is 11.8 Å². The van der Waals surface area contributed by atoms with Crippen molar-refractivity contribution in [2.24, 2.45) is 5.41 Å². The zero-order chi connectivity index (χ0) is 15.3. The third-order valence-electron chi connectivity index (χ3n) is 2.72. The molecule has 1 rings (SSSR count). The zero-order valence-electron chi connectivity index (χ0n) is 12.7. The minimum Gasteiger partial charge on any atom is -0.496 e. The molecule has 0 saturated carbocycles. The van der Waals surface area contributed by atoms with Gasteiger partial charge in [0.05, 0.1) is 7.11 Å². The van der Waals surface area contributed by atoms with Crippen molar-refractivity contribution in [1.29, 1.82) is 0 Å². The molecule has 0 aliphatic rings. The average molecular weight is 278 g/mol. The first-order valence-corrected chi connectivity index (χ1v) is 6.47. The van der Waals surface area contributed by atoms with E-state index in [0.29, 0.717) is 18.0 Å². The van der Waals surface area contributed by atoms with Crippen molar-refractivity contribution in [3.63, 3.8) is 0 Å². The van der Waals surface area contributed by atoms with E-state index >= 15 is 0 Å². The summed E-state index contributed by atoms with van der Waals surface area (Å²) in [5.41, 5.74) is 1.05. The number of carbonyl (C=O) groups excluding carboxylic acids is 2. The van der Waals surface area contributed by atoms with Gasteiger partial charge in [0.2, 0.25) is 11.8 Å². The smallest absolute Gasteiger partial charge is 0.225 e. The Kier molecular flexibility index (Phi) is 5.13. The van der Waals surface area contributed by atoms with E-state index in [1.165, 1.54) is 6.92 Å². The number of anilines is 1. The van der Waals surface area contributed by atoms with E-state index in [4.69, 9.17) is 4.74 Å². The maximum atomic E-state index is 11.9. The van der Waals surface area contributed by atoms with E-state index in [2.05, 4.69) is 10.6 Å². The number of rotatable bonds is 4. The van der Waals surface area contributed by atoms with E-state index < -0.39 is 5.41 Å². The van der Waals surface area contributed by atoms with Crippen LogP contribution in [0.3, 0.4) is 0 Å². The second-order valence-corrected chi connectivity index (χ2v) is 5.64. The predicted molar refractivity (Wildman–Crippen MR) is 78.6 cm³/mol. The van der Waals surface area contributed by atoms with Crippen LogP contribution in [0.5, 0.6) is 5.75 Å². The fraction of sp³-hybridized carbons (Fsp3) is 0.467. The highest BCUT2D eigenvalue weighted by atomic mass is 16.5. The standard InChI is InChI=1S/C15H22N2O3/c1-10(18)17-12-6-7-13(20-5)11(8-12)9-16-14(19)15(2,3)4/h6-8H,9H2,1-5H3,(H,16,19)(H,17,18). The Labute approximate surface area is 119 Å². The quantitative estimate of drug-likeness (QED) is 0.888. The van der Waals surface area contributed by atoms with E-state index in [0.717, 1.165) is 5.56 Å². The van der Waals surface area contributed by atoms with Crippen molar-refractivity contribution < 1.29 is 14.3 Å². The molecule has 0 aliphatic heterocycles. The number of hydrogen-bond acceptors (Lipinski definition) is 3. The SMILES string of the molecule is COc1ccc(NC(C)=O)cc1CNC(=O)C(C)(C)C. The van der Waals surface area contributed by atoms with E-state index in [1.807, 2.05) is 20.8 Å². The van der Waals surface area contributed by atoms with Gasteiger partial charge in [-0.05, 0) is 18.2 Å². The Morgan fingerprint density at radius 2 is 1.90 bits per heavy atom. The zero-order valence-corrected chi connectivity index (χ0v) is 12.7. The number of carbonyl (C=O) groups is 2. The highest BCUT2D eigenvalue weighted by molar-refractivity contribution is 5.89. The van der Waals surface area contributed by atoms with Crippen molar-refractivity contribution in [3.05, 3.63) is 23.8 Å². The molecule has 2 amide bonds. The second kappa shape index (κ2) is 6.41. The van der Waals surface area contributed by atoms with Gasteiger partial charge in [0.1, 0.15) is 5.75 Å². The summed E-state index contributed by atoms with van der Waals surface area (Å²) < 4.78 is 5.26. The van der Waals surface area contributed by atoms with Gasteiger partial charge in [-0.25, -0.2) is 0 Å². The minimum absolute atomic E-state index is 0.0375. The lowest BCUT2D eigenvalue weighted by Crippen LogP contribution is -2.34. The van der Waals surface area contributed by atoms with Gasteiger partial charge in [0.15, 0.2) is 0 Å². The van der Waals surface area contributed by atoms with Crippen LogP contribution in [0.1, 0.15) is 33.3 Å². The summed E-state index contributed by atoms with van der Waals surface area (Å²) in [6.07, 6.45) is 0. The molecule has 1 aromatic carbocycles. The molecule has 0 unspecified atom stereocenters. The molecule has 1 aromatic rings. The first kappa shape index (κ1) is 16.0. The summed E-state index contributed by atoms with van der Waals surface area (Å²) in [5, 5.41) is 5.57. The average Bonchev–Trinajstić information content (AvgIpc) is 2.34. The number of hydrogen-bond donors (Lipinski definition) is 2. The predicted octanol–water partition coefficient (Wildman–Crippen LogP) is 2.32. The van der Waals surface area contributed by atoms with Crippen LogP contribution >= 0.6 is 0 Å². The Hall–Kier alpha value is -2.04. The van der Waals surface area contributed by atoms with Crippen molar-refractivity contribution >= 4 is 17.5 Å². The largest absolute Gasteiger partial charge is 0.496 e. The van der Waals surface area contributed by atoms with Gasteiger partial charge in [-0.2, -0.15) is 0 Å².